The van der Waals surface area contributed by atoms with E-state index in [1.807, 2.05) is 73.7 Å². The summed E-state index contributed by atoms with van der Waals surface area (Å²) < 4.78 is 5.74. The number of aryl methyl sites for hydroxylation is 1. The molecule has 1 N–H and O–H groups in total. The van der Waals surface area contributed by atoms with Crippen LogP contribution < -0.4 is 4.74 Å². The molecule has 0 radical (unpaired) electrons. The van der Waals surface area contributed by atoms with E-state index in [-0.39, 0.29) is 0 Å². The Morgan fingerprint density at radius 3 is 2.43 bits per heavy atom. The summed E-state index contributed by atoms with van der Waals surface area (Å²) in [6.07, 6.45) is -0.563. The Labute approximate surface area is 135 Å². The number of carbonyl (C=O) groups is 1. The van der Waals surface area contributed by atoms with E-state index in [2.05, 4.69) is 0 Å². The first kappa shape index (κ1) is 15.1. The standard InChI is InChI=1S/C20H18O3/c1-14-6-2-3-8-16(14)13-19(20(21)22)23-18-11-10-15-7-4-5-9-17(15)12-18/h2-12,19H,13H2,1H3,(H,21,22). The van der Waals surface area contributed by atoms with Crippen LogP contribution in [0.25, 0.3) is 10.8 Å². The third-order valence-corrected chi connectivity index (χ3v) is 3.94. The maximum atomic E-state index is 11.6. The molecule has 0 saturated heterocycles. The average molecular weight is 306 g/mol. The molecule has 0 aromatic heterocycles. The molecule has 1 atom stereocenters. The molecule has 3 heteroatoms. The molecule has 0 aliphatic carbocycles. The molecule has 116 valence electrons. The van der Waals surface area contributed by atoms with E-state index in [4.69, 9.17) is 4.74 Å². The largest absolute Gasteiger partial charge is 0.478 e. The van der Waals surface area contributed by atoms with Crippen LogP contribution in [0.3, 0.4) is 0 Å². The summed E-state index contributed by atoms with van der Waals surface area (Å²) in [5.74, 6) is -0.383. The highest BCUT2D eigenvalue weighted by molar-refractivity contribution is 5.84. The van der Waals surface area contributed by atoms with Gasteiger partial charge in [-0.2, -0.15) is 0 Å². The van der Waals surface area contributed by atoms with Gasteiger partial charge in [0.2, 0.25) is 0 Å². The molecule has 0 bridgehead atoms. The number of hydrogen-bond acceptors (Lipinski definition) is 2. The molecule has 3 aromatic carbocycles. The van der Waals surface area contributed by atoms with Crippen molar-refractivity contribution >= 4 is 16.7 Å². The molecular formula is C20H18O3. The van der Waals surface area contributed by atoms with E-state index < -0.39 is 12.1 Å². The van der Waals surface area contributed by atoms with Gasteiger partial charge in [0.15, 0.2) is 6.10 Å². The number of benzene rings is 3. The van der Waals surface area contributed by atoms with Crippen LogP contribution in [0, 0.1) is 6.92 Å². The summed E-state index contributed by atoms with van der Waals surface area (Å²) in [5.41, 5.74) is 2.06. The molecule has 1 unspecified atom stereocenters. The average Bonchev–Trinajstić information content (AvgIpc) is 2.56. The minimum Gasteiger partial charge on any atom is -0.478 e. The van der Waals surface area contributed by atoms with Crippen LogP contribution >= 0.6 is 0 Å². The first-order valence-electron chi connectivity index (χ1n) is 7.56. The quantitative estimate of drug-likeness (QED) is 0.767. The zero-order chi connectivity index (χ0) is 16.2. The Bertz CT molecular complexity index is 839. The smallest absolute Gasteiger partial charge is 0.345 e. The second-order valence-electron chi connectivity index (χ2n) is 5.58. The van der Waals surface area contributed by atoms with Gasteiger partial charge in [0.25, 0.3) is 0 Å². The zero-order valence-corrected chi connectivity index (χ0v) is 12.9. The fraction of sp³-hybridized carbons (Fsp3) is 0.150. The van der Waals surface area contributed by atoms with Crippen LogP contribution in [0.1, 0.15) is 11.1 Å². The monoisotopic (exact) mass is 306 g/mol. The number of hydrogen-bond donors (Lipinski definition) is 1. The fourth-order valence-electron chi connectivity index (χ4n) is 2.62. The summed E-state index contributed by atoms with van der Waals surface area (Å²) in [4.78, 5) is 11.6. The highest BCUT2D eigenvalue weighted by Gasteiger charge is 2.21. The van der Waals surface area contributed by atoms with Crippen LogP contribution in [0.15, 0.2) is 66.7 Å². The highest BCUT2D eigenvalue weighted by atomic mass is 16.5. The molecule has 3 rings (SSSR count). The van der Waals surface area contributed by atoms with Crippen molar-refractivity contribution in [3.63, 3.8) is 0 Å². The molecule has 0 heterocycles. The number of aliphatic carboxylic acids is 1. The van der Waals surface area contributed by atoms with E-state index in [9.17, 15) is 9.90 Å². The predicted molar refractivity (Wildman–Crippen MR) is 90.9 cm³/mol. The minimum atomic E-state index is -0.957. The van der Waals surface area contributed by atoms with Gasteiger partial charge in [-0.3, -0.25) is 0 Å². The van der Waals surface area contributed by atoms with Gasteiger partial charge in [0.05, 0.1) is 0 Å². The molecule has 3 nitrogen and oxygen atoms in total. The van der Waals surface area contributed by atoms with Gasteiger partial charge in [0, 0.05) is 6.42 Å². The van der Waals surface area contributed by atoms with Gasteiger partial charge in [-0.15, -0.1) is 0 Å². The lowest BCUT2D eigenvalue weighted by molar-refractivity contribution is -0.145. The molecule has 0 aliphatic heterocycles. The number of rotatable bonds is 5. The second kappa shape index (κ2) is 6.53. The van der Waals surface area contributed by atoms with E-state index in [0.29, 0.717) is 12.2 Å². The van der Waals surface area contributed by atoms with E-state index >= 15 is 0 Å². The lowest BCUT2D eigenvalue weighted by Gasteiger charge is -2.16. The zero-order valence-electron chi connectivity index (χ0n) is 12.9. The number of ether oxygens (including phenoxy) is 1. The van der Waals surface area contributed by atoms with Crippen molar-refractivity contribution in [2.24, 2.45) is 0 Å². The van der Waals surface area contributed by atoms with Gasteiger partial charge in [-0.1, -0.05) is 54.6 Å². The van der Waals surface area contributed by atoms with E-state index in [1.165, 1.54) is 0 Å². The van der Waals surface area contributed by atoms with Crippen LogP contribution in [-0.4, -0.2) is 17.2 Å². The lowest BCUT2D eigenvalue weighted by atomic mass is 10.0. The Kier molecular flexibility index (Phi) is 4.29. The second-order valence-corrected chi connectivity index (χ2v) is 5.58. The van der Waals surface area contributed by atoms with Gasteiger partial charge < -0.3 is 9.84 Å². The van der Waals surface area contributed by atoms with Crippen LogP contribution in [0.4, 0.5) is 0 Å². The van der Waals surface area contributed by atoms with E-state index in [1.54, 1.807) is 0 Å². The topological polar surface area (TPSA) is 46.5 Å². The van der Waals surface area contributed by atoms with Crippen molar-refractivity contribution in [3.8, 4) is 5.75 Å². The third-order valence-electron chi connectivity index (χ3n) is 3.94. The number of carboxylic acids is 1. The number of fused-ring (bicyclic) bond motifs is 1. The fourth-order valence-corrected chi connectivity index (χ4v) is 2.62. The Morgan fingerprint density at radius 2 is 1.70 bits per heavy atom. The molecule has 0 saturated carbocycles. The van der Waals surface area contributed by atoms with Crippen molar-refractivity contribution in [2.75, 3.05) is 0 Å². The Hall–Kier alpha value is -2.81. The van der Waals surface area contributed by atoms with Gasteiger partial charge in [-0.05, 0) is 41.0 Å². The maximum absolute atomic E-state index is 11.6. The van der Waals surface area contributed by atoms with Gasteiger partial charge in [0.1, 0.15) is 5.75 Å². The Morgan fingerprint density at radius 1 is 1.00 bits per heavy atom. The molecule has 0 fully saturated rings. The summed E-state index contributed by atoms with van der Waals surface area (Å²) in [7, 11) is 0. The first-order valence-corrected chi connectivity index (χ1v) is 7.56. The summed E-state index contributed by atoms with van der Waals surface area (Å²) in [6, 6.07) is 21.3. The molecule has 0 spiro atoms. The summed E-state index contributed by atoms with van der Waals surface area (Å²) in [6.45, 7) is 1.98. The highest BCUT2D eigenvalue weighted by Crippen LogP contribution is 2.22. The minimum absolute atomic E-state index is 0.342. The molecular weight excluding hydrogens is 288 g/mol. The SMILES string of the molecule is Cc1ccccc1CC(Oc1ccc2ccccc2c1)C(=O)O. The lowest BCUT2D eigenvalue weighted by Crippen LogP contribution is -2.29. The summed E-state index contributed by atoms with van der Waals surface area (Å²) in [5, 5.41) is 11.6. The van der Waals surface area contributed by atoms with Crippen LogP contribution in [-0.2, 0) is 11.2 Å². The predicted octanol–water partition coefficient (Wildman–Crippen LogP) is 4.22. The van der Waals surface area contributed by atoms with Crippen molar-refractivity contribution in [2.45, 2.75) is 19.4 Å². The van der Waals surface area contributed by atoms with Crippen molar-refractivity contribution in [1.29, 1.82) is 0 Å². The van der Waals surface area contributed by atoms with E-state index in [0.717, 1.165) is 21.9 Å². The summed E-state index contributed by atoms with van der Waals surface area (Å²) >= 11 is 0. The van der Waals surface area contributed by atoms with Crippen molar-refractivity contribution in [1.82, 2.24) is 0 Å². The van der Waals surface area contributed by atoms with Crippen LogP contribution in [0.5, 0.6) is 5.75 Å². The molecule has 0 amide bonds. The normalized spacial score (nSPS) is 12.0. The Balaban J connectivity index is 1.84. The third kappa shape index (κ3) is 3.51. The molecule has 3 aromatic rings. The van der Waals surface area contributed by atoms with Crippen LogP contribution in [0.2, 0.25) is 0 Å². The molecule has 23 heavy (non-hydrogen) atoms. The number of carboxylic acid groups (broad SMARTS) is 1. The van der Waals surface area contributed by atoms with Gasteiger partial charge in [-0.25, -0.2) is 4.79 Å². The van der Waals surface area contributed by atoms with Crippen molar-refractivity contribution < 1.29 is 14.6 Å². The first-order chi connectivity index (χ1) is 11.1. The van der Waals surface area contributed by atoms with Crippen molar-refractivity contribution in [3.05, 3.63) is 77.9 Å². The van der Waals surface area contributed by atoms with Gasteiger partial charge >= 0.3 is 5.97 Å². The molecule has 0 aliphatic rings. The maximum Gasteiger partial charge on any atom is 0.345 e.